The topological polar surface area (TPSA) is 68.9 Å². The van der Waals surface area contributed by atoms with Crippen LogP contribution in [0.2, 0.25) is 0 Å². The van der Waals surface area contributed by atoms with E-state index >= 15 is 0 Å². The molecule has 0 unspecified atom stereocenters. The first kappa shape index (κ1) is 15.3. The second kappa shape index (κ2) is 6.66. The third-order valence-corrected chi connectivity index (χ3v) is 4.43. The smallest absolute Gasteiger partial charge is 0.264 e. The molecule has 0 aliphatic rings. The number of nitro groups is 1. The van der Waals surface area contributed by atoms with Gasteiger partial charge in [0.25, 0.3) is 5.69 Å². The maximum atomic E-state index is 10.7. The van der Waals surface area contributed by atoms with Gasteiger partial charge < -0.3 is 0 Å². The third kappa shape index (κ3) is 3.27. The number of aromatic nitrogens is 2. The van der Waals surface area contributed by atoms with Crippen LogP contribution in [0.25, 0.3) is 21.8 Å². The zero-order chi connectivity index (χ0) is 16.2. The highest BCUT2D eigenvalue weighted by Gasteiger charge is 2.11. The minimum absolute atomic E-state index is 0.0861. The number of pyridine rings is 1. The molecule has 116 valence electrons. The zero-order valence-electron chi connectivity index (χ0n) is 12.6. The lowest BCUT2D eigenvalue weighted by molar-refractivity contribution is -0.384. The first-order valence-corrected chi connectivity index (χ1v) is 8.20. The van der Waals surface area contributed by atoms with Crippen molar-refractivity contribution in [3.63, 3.8) is 0 Å². The Kier molecular flexibility index (Phi) is 4.43. The lowest BCUT2D eigenvalue weighted by Gasteiger charge is -2.04. The fraction of sp³-hybridized carbons (Fsp3) is 0.176. The second-order valence-electron chi connectivity index (χ2n) is 5.12. The van der Waals surface area contributed by atoms with Gasteiger partial charge in [-0.25, -0.2) is 4.98 Å². The van der Waals surface area contributed by atoms with E-state index < -0.39 is 4.92 Å². The van der Waals surface area contributed by atoms with Crippen molar-refractivity contribution in [3.05, 3.63) is 63.8 Å². The Morgan fingerprint density at radius 3 is 2.70 bits per heavy atom. The molecular formula is C17H15N3O2S. The molecule has 0 fully saturated rings. The molecule has 0 N–H and O–H groups in total. The fourth-order valence-corrected chi connectivity index (χ4v) is 3.22. The monoisotopic (exact) mass is 325 g/mol. The highest BCUT2D eigenvalue weighted by molar-refractivity contribution is 7.13. The van der Waals surface area contributed by atoms with Gasteiger partial charge in [0.2, 0.25) is 0 Å². The molecule has 0 aliphatic carbocycles. The van der Waals surface area contributed by atoms with Gasteiger partial charge in [0.05, 0.1) is 10.6 Å². The van der Waals surface area contributed by atoms with E-state index in [2.05, 4.69) is 16.9 Å². The summed E-state index contributed by atoms with van der Waals surface area (Å²) in [6.07, 6.45) is 5.70. The summed E-state index contributed by atoms with van der Waals surface area (Å²) in [6, 6.07) is 8.50. The van der Waals surface area contributed by atoms with Crippen LogP contribution in [0.15, 0.2) is 48.1 Å². The minimum atomic E-state index is -0.399. The van der Waals surface area contributed by atoms with E-state index in [-0.39, 0.29) is 5.69 Å². The molecule has 2 heterocycles. The number of rotatable bonds is 5. The van der Waals surface area contributed by atoms with Crippen molar-refractivity contribution in [3.8, 4) is 21.8 Å². The van der Waals surface area contributed by atoms with Gasteiger partial charge in [0.1, 0.15) is 5.01 Å². The number of benzene rings is 1. The number of aryl methyl sites for hydroxylation is 1. The molecule has 1 aromatic carbocycles. The Hall–Kier alpha value is -2.60. The van der Waals surface area contributed by atoms with Gasteiger partial charge in [-0.1, -0.05) is 13.3 Å². The van der Waals surface area contributed by atoms with Crippen LogP contribution < -0.4 is 0 Å². The van der Waals surface area contributed by atoms with Crippen molar-refractivity contribution in [2.24, 2.45) is 0 Å². The second-order valence-corrected chi connectivity index (χ2v) is 5.98. The number of hydrogen-bond donors (Lipinski definition) is 0. The van der Waals surface area contributed by atoms with Crippen LogP contribution in [0.3, 0.4) is 0 Å². The Labute approximate surface area is 137 Å². The summed E-state index contributed by atoms with van der Waals surface area (Å²) in [5.41, 5.74) is 4.16. The Morgan fingerprint density at radius 2 is 2.00 bits per heavy atom. The van der Waals surface area contributed by atoms with E-state index in [1.165, 1.54) is 29.0 Å². The molecular weight excluding hydrogens is 310 g/mol. The van der Waals surface area contributed by atoms with Gasteiger partial charge >= 0.3 is 0 Å². The van der Waals surface area contributed by atoms with Crippen LogP contribution in [0.1, 0.15) is 18.9 Å². The normalized spacial score (nSPS) is 10.7. The maximum Gasteiger partial charge on any atom is 0.269 e. The molecule has 23 heavy (non-hydrogen) atoms. The predicted octanol–water partition coefficient (Wildman–Crippen LogP) is 4.73. The van der Waals surface area contributed by atoms with Crippen LogP contribution in [0, 0.1) is 10.1 Å². The van der Waals surface area contributed by atoms with E-state index in [9.17, 15) is 10.1 Å². The molecule has 0 spiro atoms. The van der Waals surface area contributed by atoms with Crippen LogP contribution >= 0.6 is 11.3 Å². The highest BCUT2D eigenvalue weighted by atomic mass is 32.1. The third-order valence-electron chi connectivity index (χ3n) is 3.54. The summed E-state index contributed by atoms with van der Waals surface area (Å²) < 4.78 is 0. The summed E-state index contributed by atoms with van der Waals surface area (Å²) in [5, 5.41) is 13.6. The summed E-state index contributed by atoms with van der Waals surface area (Å²) >= 11 is 1.53. The first-order valence-electron chi connectivity index (χ1n) is 7.32. The lowest BCUT2D eigenvalue weighted by Crippen LogP contribution is -1.91. The average Bonchev–Trinajstić information content (AvgIpc) is 3.05. The number of thiazole rings is 1. The molecule has 6 heteroatoms. The zero-order valence-corrected chi connectivity index (χ0v) is 13.4. The van der Waals surface area contributed by atoms with Gasteiger partial charge in [-0.2, -0.15) is 0 Å². The summed E-state index contributed by atoms with van der Waals surface area (Å²) in [5.74, 6) is 0. The maximum absolute atomic E-state index is 10.7. The summed E-state index contributed by atoms with van der Waals surface area (Å²) in [4.78, 5) is 19.2. The van der Waals surface area contributed by atoms with Crippen molar-refractivity contribution in [1.29, 1.82) is 0 Å². The van der Waals surface area contributed by atoms with E-state index in [0.29, 0.717) is 0 Å². The minimum Gasteiger partial charge on any atom is -0.264 e. The number of nitro benzene ring substituents is 1. The first-order chi connectivity index (χ1) is 11.2. The Bertz CT molecular complexity index is 828. The molecule has 0 bridgehead atoms. The Morgan fingerprint density at radius 1 is 1.22 bits per heavy atom. The van der Waals surface area contributed by atoms with Gasteiger partial charge in [-0.05, 0) is 30.2 Å². The molecule has 3 aromatic rings. The molecule has 0 amide bonds. The number of hydrogen-bond acceptors (Lipinski definition) is 5. The summed E-state index contributed by atoms with van der Waals surface area (Å²) in [6.45, 7) is 2.15. The highest BCUT2D eigenvalue weighted by Crippen LogP contribution is 2.31. The van der Waals surface area contributed by atoms with Crippen LogP contribution in [0.4, 0.5) is 5.69 Å². The molecule has 5 nitrogen and oxygen atoms in total. The predicted molar refractivity (Wildman–Crippen MR) is 91.4 cm³/mol. The quantitative estimate of drug-likeness (QED) is 0.502. The number of non-ortho nitro benzene ring substituents is 1. The van der Waals surface area contributed by atoms with Crippen molar-refractivity contribution < 1.29 is 4.92 Å². The van der Waals surface area contributed by atoms with Gasteiger partial charge in [0, 0.05) is 41.0 Å². The SMILES string of the molecule is CCCc1ccncc1-c1csc(-c2ccc([N+](=O)[O-])cc2)n1. The van der Waals surface area contributed by atoms with Crippen molar-refractivity contribution >= 4 is 17.0 Å². The van der Waals surface area contributed by atoms with Crippen molar-refractivity contribution in [1.82, 2.24) is 9.97 Å². The van der Waals surface area contributed by atoms with Gasteiger partial charge in [-0.3, -0.25) is 15.1 Å². The fourth-order valence-electron chi connectivity index (χ4n) is 2.40. The number of nitrogens with zero attached hydrogens (tertiary/aromatic N) is 3. The van der Waals surface area contributed by atoms with Crippen molar-refractivity contribution in [2.45, 2.75) is 19.8 Å². The summed E-state index contributed by atoms with van der Waals surface area (Å²) in [7, 11) is 0. The average molecular weight is 325 g/mol. The van der Waals surface area contributed by atoms with E-state index in [0.717, 1.165) is 34.7 Å². The lowest BCUT2D eigenvalue weighted by atomic mass is 10.0. The van der Waals surface area contributed by atoms with Crippen LogP contribution in [0.5, 0.6) is 0 Å². The van der Waals surface area contributed by atoms with Gasteiger partial charge in [-0.15, -0.1) is 11.3 Å². The molecule has 0 aliphatic heterocycles. The van der Waals surface area contributed by atoms with E-state index in [1.807, 2.05) is 17.6 Å². The molecule has 0 saturated heterocycles. The molecule has 0 radical (unpaired) electrons. The van der Waals surface area contributed by atoms with Crippen LogP contribution in [-0.2, 0) is 6.42 Å². The van der Waals surface area contributed by atoms with Gasteiger partial charge in [0.15, 0.2) is 0 Å². The van der Waals surface area contributed by atoms with E-state index in [1.54, 1.807) is 18.3 Å². The Balaban J connectivity index is 1.93. The van der Waals surface area contributed by atoms with Crippen molar-refractivity contribution in [2.75, 3.05) is 0 Å². The van der Waals surface area contributed by atoms with Crippen LogP contribution in [-0.4, -0.2) is 14.9 Å². The molecule has 0 saturated carbocycles. The molecule has 0 atom stereocenters. The molecule has 2 aromatic heterocycles. The largest absolute Gasteiger partial charge is 0.269 e. The molecule has 3 rings (SSSR count). The van der Waals surface area contributed by atoms with E-state index in [4.69, 9.17) is 0 Å². The standard InChI is InChI=1S/C17H15N3O2S/c1-2-3-12-8-9-18-10-15(12)16-11-23-17(19-16)13-4-6-14(7-5-13)20(21)22/h4-11H,2-3H2,1H3.